The van der Waals surface area contributed by atoms with E-state index in [1.54, 1.807) is 22.3 Å². The Labute approximate surface area is 326 Å². The molecule has 2 heterocycles. The molecular formula is C51H59BN2. The first-order valence-corrected chi connectivity index (χ1v) is 21.2. The van der Waals surface area contributed by atoms with E-state index in [0.717, 1.165) is 0 Å². The van der Waals surface area contributed by atoms with Crippen molar-refractivity contribution in [2.24, 2.45) is 0 Å². The summed E-state index contributed by atoms with van der Waals surface area (Å²) in [7, 11) is 0. The lowest BCUT2D eigenvalue weighted by Crippen LogP contribution is -2.61. The molecule has 5 aromatic rings. The van der Waals surface area contributed by atoms with Gasteiger partial charge in [-0.3, -0.25) is 0 Å². The van der Waals surface area contributed by atoms with Gasteiger partial charge in [0.25, 0.3) is 6.71 Å². The van der Waals surface area contributed by atoms with Crippen molar-refractivity contribution in [3.05, 3.63) is 124 Å². The van der Waals surface area contributed by atoms with Gasteiger partial charge in [-0.25, -0.2) is 0 Å². The largest absolute Gasteiger partial charge is 0.311 e. The Bertz CT molecular complexity index is 2230. The van der Waals surface area contributed by atoms with Crippen molar-refractivity contribution in [2.75, 3.05) is 9.80 Å². The third kappa shape index (κ3) is 6.20. The van der Waals surface area contributed by atoms with Gasteiger partial charge in [-0.05, 0) is 173 Å². The van der Waals surface area contributed by atoms with Crippen LogP contribution < -0.4 is 26.2 Å². The minimum absolute atomic E-state index is 0.0425. The fourth-order valence-corrected chi connectivity index (χ4v) is 10.1. The second-order valence-electron chi connectivity index (χ2n) is 19.1. The molecule has 2 aliphatic carbocycles. The van der Waals surface area contributed by atoms with Gasteiger partial charge in [0.2, 0.25) is 0 Å². The topological polar surface area (TPSA) is 6.48 Å². The highest BCUT2D eigenvalue weighted by Gasteiger charge is 2.44. The van der Waals surface area contributed by atoms with E-state index in [1.807, 2.05) is 0 Å². The quantitative estimate of drug-likeness (QED) is 0.165. The molecule has 9 rings (SSSR count). The van der Waals surface area contributed by atoms with Crippen LogP contribution in [0.15, 0.2) is 84.9 Å². The number of anilines is 6. The van der Waals surface area contributed by atoms with Crippen molar-refractivity contribution >= 4 is 57.2 Å². The Kier molecular flexibility index (Phi) is 8.87. The van der Waals surface area contributed by atoms with E-state index < -0.39 is 0 Å². The summed E-state index contributed by atoms with van der Waals surface area (Å²) in [5.41, 5.74) is 22.8. The van der Waals surface area contributed by atoms with Crippen molar-refractivity contribution in [3.8, 4) is 0 Å². The van der Waals surface area contributed by atoms with Crippen LogP contribution in [0, 0.1) is 6.92 Å². The van der Waals surface area contributed by atoms with Gasteiger partial charge in [-0.1, -0.05) is 104 Å². The fraction of sp³-hybridized carbons (Fsp3) is 0.412. The molecule has 0 unspecified atom stereocenters. The summed E-state index contributed by atoms with van der Waals surface area (Å²) in [4.78, 5) is 5.28. The van der Waals surface area contributed by atoms with Crippen LogP contribution in [-0.4, -0.2) is 6.71 Å². The van der Waals surface area contributed by atoms with E-state index in [1.165, 1.54) is 144 Å². The molecule has 0 fully saturated rings. The minimum atomic E-state index is 0.0425. The molecule has 0 N–H and O–H groups in total. The van der Waals surface area contributed by atoms with Gasteiger partial charge in [-0.2, -0.15) is 0 Å². The minimum Gasteiger partial charge on any atom is -0.311 e. The van der Waals surface area contributed by atoms with Crippen LogP contribution in [0.2, 0.25) is 0 Å². The summed E-state index contributed by atoms with van der Waals surface area (Å²) in [5.74, 6) is 0. The number of aryl methyl sites for hydroxylation is 5. The lowest BCUT2D eigenvalue weighted by atomic mass is 9.33. The molecule has 0 spiro atoms. The molecule has 4 aliphatic rings. The van der Waals surface area contributed by atoms with Crippen LogP contribution in [-0.2, 0) is 36.5 Å². The van der Waals surface area contributed by atoms with E-state index in [-0.39, 0.29) is 17.5 Å². The summed E-state index contributed by atoms with van der Waals surface area (Å²) in [6, 6.07) is 34.6. The Balaban J connectivity index is 1.34. The molecule has 2 nitrogen and oxygen atoms in total. The van der Waals surface area contributed by atoms with Gasteiger partial charge in [0.05, 0.1) is 0 Å². The van der Waals surface area contributed by atoms with Gasteiger partial charge in [-0.15, -0.1) is 0 Å². The molecule has 5 aromatic carbocycles. The molecule has 0 saturated heterocycles. The first-order valence-electron chi connectivity index (χ1n) is 21.2. The number of benzene rings is 5. The third-order valence-electron chi connectivity index (χ3n) is 13.1. The van der Waals surface area contributed by atoms with Crippen LogP contribution >= 0.6 is 0 Å². The van der Waals surface area contributed by atoms with E-state index >= 15 is 0 Å². The van der Waals surface area contributed by atoms with Crippen molar-refractivity contribution in [1.82, 2.24) is 0 Å². The van der Waals surface area contributed by atoms with Gasteiger partial charge in [0.15, 0.2) is 0 Å². The number of fused-ring (bicyclic) bond motifs is 6. The molecule has 54 heavy (non-hydrogen) atoms. The Hall–Kier alpha value is -4.24. The van der Waals surface area contributed by atoms with Crippen molar-refractivity contribution < 1.29 is 0 Å². The average molecular weight is 711 g/mol. The standard InChI is InChI=1S/C51H59BN2/c1-34-28-47-49-48(29-34)54(42-24-20-35-16-12-8-9-13-17-36(35)30-42)46-32-38-19-15-11-10-14-18-37(38)31-43(46)52(49)44-33-40(51(5,6)7)23-27-45(44)53(47)41-25-21-39(22-26-41)50(2,3)4/h20-33H,8-19H2,1-7H3. The Morgan fingerprint density at radius 1 is 0.426 bits per heavy atom. The van der Waals surface area contributed by atoms with Gasteiger partial charge >= 0.3 is 0 Å². The smallest absolute Gasteiger partial charge is 0.252 e. The van der Waals surface area contributed by atoms with E-state index in [2.05, 4.69) is 143 Å². The second kappa shape index (κ2) is 13.5. The van der Waals surface area contributed by atoms with E-state index in [9.17, 15) is 0 Å². The lowest BCUT2D eigenvalue weighted by molar-refractivity contribution is 0.590. The molecule has 276 valence electrons. The predicted octanol–water partition coefficient (Wildman–Crippen LogP) is 12.0. The summed E-state index contributed by atoms with van der Waals surface area (Å²) < 4.78 is 0. The summed E-state index contributed by atoms with van der Waals surface area (Å²) in [6.07, 6.45) is 15.3. The summed E-state index contributed by atoms with van der Waals surface area (Å²) >= 11 is 0. The molecule has 0 amide bonds. The molecule has 0 bridgehead atoms. The van der Waals surface area contributed by atoms with Crippen molar-refractivity contribution in [2.45, 2.75) is 136 Å². The monoisotopic (exact) mass is 710 g/mol. The highest BCUT2D eigenvalue weighted by atomic mass is 15.2. The maximum atomic E-state index is 2.69. The summed E-state index contributed by atoms with van der Waals surface area (Å²) in [6.45, 7) is 16.5. The molecule has 0 radical (unpaired) electrons. The third-order valence-corrected chi connectivity index (χ3v) is 13.1. The normalized spacial score (nSPS) is 16.9. The Morgan fingerprint density at radius 3 is 1.54 bits per heavy atom. The van der Waals surface area contributed by atoms with E-state index in [0.29, 0.717) is 0 Å². The van der Waals surface area contributed by atoms with Crippen LogP contribution in [0.3, 0.4) is 0 Å². The lowest BCUT2D eigenvalue weighted by Gasteiger charge is -2.45. The van der Waals surface area contributed by atoms with Crippen molar-refractivity contribution in [3.63, 3.8) is 0 Å². The SMILES string of the molecule is Cc1cc2c3c(c1)N(c1ccc4c(c1)CCCCCC4)c1cc4c(cc1B3c1cc(C(C)(C)C)ccc1N2c1ccc(C(C)(C)C)cc1)CCCCCC4. The van der Waals surface area contributed by atoms with Crippen LogP contribution in [0.1, 0.15) is 132 Å². The Morgan fingerprint density at radius 2 is 0.926 bits per heavy atom. The van der Waals surface area contributed by atoms with Gasteiger partial charge in [0, 0.05) is 34.1 Å². The van der Waals surface area contributed by atoms with Crippen LogP contribution in [0.5, 0.6) is 0 Å². The fourth-order valence-electron chi connectivity index (χ4n) is 10.1. The number of nitrogens with zero attached hydrogens (tertiary/aromatic N) is 2. The highest BCUT2D eigenvalue weighted by Crippen LogP contribution is 2.46. The zero-order chi connectivity index (χ0) is 37.4. The first kappa shape index (κ1) is 35.5. The predicted molar refractivity (Wildman–Crippen MR) is 234 cm³/mol. The number of hydrogen-bond acceptors (Lipinski definition) is 2. The van der Waals surface area contributed by atoms with E-state index in [4.69, 9.17) is 0 Å². The maximum Gasteiger partial charge on any atom is 0.252 e. The maximum absolute atomic E-state index is 2.69. The van der Waals surface area contributed by atoms with Gasteiger partial charge in [0.1, 0.15) is 0 Å². The zero-order valence-corrected chi connectivity index (χ0v) is 34.0. The zero-order valence-electron chi connectivity index (χ0n) is 34.0. The average Bonchev–Trinajstić information content (AvgIpc) is 3.11. The summed E-state index contributed by atoms with van der Waals surface area (Å²) in [5, 5.41) is 0. The first-order chi connectivity index (χ1) is 26.0. The molecular weight excluding hydrogens is 651 g/mol. The second-order valence-corrected chi connectivity index (χ2v) is 19.1. The van der Waals surface area contributed by atoms with Crippen LogP contribution in [0.4, 0.5) is 34.1 Å². The molecule has 0 aromatic heterocycles. The molecule has 2 aliphatic heterocycles. The molecule has 3 heteroatoms. The number of hydrogen-bond donors (Lipinski definition) is 0. The van der Waals surface area contributed by atoms with Crippen LogP contribution in [0.25, 0.3) is 0 Å². The van der Waals surface area contributed by atoms with Gasteiger partial charge < -0.3 is 9.80 Å². The van der Waals surface area contributed by atoms with Crippen molar-refractivity contribution in [1.29, 1.82) is 0 Å². The molecule has 0 saturated carbocycles. The highest BCUT2D eigenvalue weighted by molar-refractivity contribution is 7.00. The number of rotatable bonds is 2. The molecule has 0 atom stereocenters.